The Kier molecular flexibility index (Phi) is 6.45. The van der Waals surface area contributed by atoms with E-state index >= 15 is 0 Å². The second-order valence-electron chi connectivity index (χ2n) is 5.25. The van der Waals surface area contributed by atoms with E-state index in [-0.39, 0.29) is 10.6 Å². The van der Waals surface area contributed by atoms with E-state index in [0.29, 0.717) is 18.6 Å². The number of methoxy groups -OCH3 is 2. The number of benzene rings is 2. The molecule has 0 saturated heterocycles. The van der Waals surface area contributed by atoms with E-state index in [2.05, 4.69) is 5.92 Å². The van der Waals surface area contributed by atoms with Crippen LogP contribution in [0.1, 0.15) is 12.0 Å². The molecular weight excluding hydrogens is 340 g/mol. The average Bonchev–Trinajstić information content (AvgIpc) is 2.65. The molecule has 25 heavy (non-hydrogen) atoms. The Morgan fingerprint density at radius 3 is 2.40 bits per heavy atom. The van der Waals surface area contributed by atoms with Crippen molar-refractivity contribution >= 4 is 10.1 Å². The van der Waals surface area contributed by atoms with Crippen LogP contribution in [0.5, 0.6) is 11.5 Å². The summed E-state index contributed by atoms with van der Waals surface area (Å²) in [6.07, 6.45) is 5.59. The van der Waals surface area contributed by atoms with Crippen molar-refractivity contribution in [2.75, 3.05) is 14.2 Å². The highest BCUT2D eigenvalue weighted by Crippen LogP contribution is 2.30. The van der Waals surface area contributed by atoms with Crippen molar-refractivity contribution in [2.24, 2.45) is 0 Å². The van der Waals surface area contributed by atoms with Crippen LogP contribution < -0.4 is 9.47 Å². The van der Waals surface area contributed by atoms with Gasteiger partial charge in [-0.25, -0.2) is 4.18 Å². The molecule has 0 aliphatic rings. The second-order valence-corrected chi connectivity index (χ2v) is 6.79. The Balaban J connectivity index is 2.14. The molecule has 0 aliphatic carbocycles. The smallest absolute Gasteiger partial charge is 0.301 e. The number of hydrogen-bond acceptors (Lipinski definition) is 5. The molecule has 0 aromatic heterocycles. The number of hydrogen-bond donors (Lipinski definition) is 0. The van der Waals surface area contributed by atoms with Gasteiger partial charge in [-0.3, -0.25) is 0 Å². The number of rotatable bonds is 8. The Hall–Kier alpha value is -2.49. The van der Waals surface area contributed by atoms with Crippen molar-refractivity contribution in [3.05, 3.63) is 54.1 Å². The Labute approximate surface area is 148 Å². The summed E-state index contributed by atoms with van der Waals surface area (Å²) in [6, 6.07) is 14.0. The summed E-state index contributed by atoms with van der Waals surface area (Å²) in [6.45, 7) is 0. The fourth-order valence-corrected chi connectivity index (χ4v) is 3.47. The van der Waals surface area contributed by atoms with Gasteiger partial charge in [0.15, 0.2) is 0 Å². The van der Waals surface area contributed by atoms with E-state index < -0.39 is 16.2 Å². The van der Waals surface area contributed by atoms with E-state index in [9.17, 15) is 8.42 Å². The van der Waals surface area contributed by atoms with Crippen LogP contribution in [0.15, 0.2) is 53.4 Å². The average molecular weight is 360 g/mol. The summed E-state index contributed by atoms with van der Waals surface area (Å²) in [4.78, 5) is -0.0873. The quantitative estimate of drug-likeness (QED) is 0.535. The van der Waals surface area contributed by atoms with Gasteiger partial charge in [0.25, 0.3) is 0 Å². The minimum absolute atomic E-state index is 0.0873. The third kappa shape index (κ3) is 4.99. The first-order valence-corrected chi connectivity index (χ1v) is 9.06. The van der Waals surface area contributed by atoms with E-state index in [1.807, 2.05) is 30.3 Å². The maximum atomic E-state index is 12.6. The topological polar surface area (TPSA) is 61.8 Å². The molecule has 0 N–H and O–H groups in total. The first-order valence-electron chi connectivity index (χ1n) is 7.65. The minimum atomic E-state index is -4.07. The van der Waals surface area contributed by atoms with Crippen molar-refractivity contribution in [3.8, 4) is 23.8 Å². The number of aryl methyl sites for hydroxylation is 1. The van der Waals surface area contributed by atoms with Crippen LogP contribution in [0.2, 0.25) is 0 Å². The first-order chi connectivity index (χ1) is 12.0. The monoisotopic (exact) mass is 360 g/mol. The molecule has 0 fully saturated rings. The molecule has 0 saturated carbocycles. The highest BCUT2D eigenvalue weighted by atomic mass is 32.2. The summed E-state index contributed by atoms with van der Waals surface area (Å²) < 4.78 is 40.5. The summed E-state index contributed by atoms with van der Waals surface area (Å²) in [5.41, 5.74) is 1.06. The van der Waals surface area contributed by atoms with Crippen molar-refractivity contribution < 1.29 is 22.1 Å². The Morgan fingerprint density at radius 1 is 1.08 bits per heavy atom. The predicted molar refractivity (Wildman–Crippen MR) is 95.2 cm³/mol. The molecule has 2 rings (SSSR count). The molecule has 132 valence electrons. The zero-order chi connectivity index (χ0) is 18.3. The van der Waals surface area contributed by atoms with Crippen molar-refractivity contribution in [3.63, 3.8) is 0 Å². The van der Waals surface area contributed by atoms with Crippen LogP contribution in [0.3, 0.4) is 0 Å². The van der Waals surface area contributed by atoms with Crippen LogP contribution in [-0.2, 0) is 20.7 Å². The lowest BCUT2D eigenvalue weighted by atomic mass is 10.1. The molecule has 0 heterocycles. The predicted octanol–water partition coefficient (Wildman–Crippen LogP) is 3.04. The van der Waals surface area contributed by atoms with Gasteiger partial charge < -0.3 is 9.47 Å². The van der Waals surface area contributed by atoms with Gasteiger partial charge in [0.2, 0.25) is 0 Å². The second kappa shape index (κ2) is 8.56. The standard InChI is InChI=1S/C19H20O5S/c1-4-16(11-10-15-8-6-5-7-9-15)24-25(20,21)19-13-12-17(22-2)14-18(19)23-3/h1,5-9,12-14,16H,10-11H2,2-3H3. The molecule has 0 radical (unpaired) electrons. The van der Waals surface area contributed by atoms with Gasteiger partial charge in [-0.2, -0.15) is 8.42 Å². The molecule has 2 aromatic rings. The maximum Gasteiger partial charge on any atom is 0.301 e. The SMILES string of the molecule is C#CC(CCc1ccccc1)OS(=O)(=O)c1ccc(OC)cc1OC. The fraction of sp³-hybridized carbons (Fsp3) is 0.263. The van der Waals surface area contributed by atoms with Crippen LogP contribution in [0.25, 0.3) is 0 Å². The van der Waals surface area contributed by atoms with Crippen LogP contribution >= 0.6 is 0 Å². The molecule has 6 heteroatoms. The summed E-state index contributed by atoms with van der Waals surface area (Å²) in [5, 5.41) is 0. The molecule has 1 atom stereocenters. The molecule has 0 aliphatic heterocycles. The largest absolute Gasteiger partial charge is 0.497 e. The van der Waals surface area contributed by atoms with Gasteiger partial charge in [0.05, 0.1) is 14.2 Å². The van der Waals surface area contributed by atoms with Crippen LogP contribution in [-0.4, -0.2) is 28.7 Å². The summed E-state index contributed by atoms with van der Waals surface area (Å²) in [7, 11) is -1.21. The molecule has 5 nitrogen and oxygen atoms in total. The first kappa shape index (κ1) is 18.8. The molecule has 0 spiro atoms. The minimum Gasteiger partial charge on any atom is -0.497 e. The van der Waals surface area contributed by atoms with Crippen molar-refractivity contribution in [1.29, 1.82) is 0 Å². The molecule has 0 bridgehead atoms. The highest BCUT2D eigenvalue weighted by Gasteiger charge is 2.25. The van der Waals surface area contributed by atoms with E-state index in [0.717, 1.165) is 5.56 Å². The lowest BCUT2D eigenvalue weighted by Crippen LogP contribution is -2.18. The Bertz CT molecular complexity index is 838. The van der Waals surface area contributed by atoms with Crippen molar-refractivity contribution in [2.45, 2.75) is 23.8 Å². The lowest BCUT2D eigenvalue weighted by molar-refractivity contribution is 0.252. The maximum absolute atomic E-state index is 12.6. The normalized spacial score (nSPS) is 12.2. The van der Waals surface area contributed by atoms with Gasteiger partial charge in [0, 0.05) is 6.07 Å². The zero-order valence-corrected chi connectivity index (χ0v) is 15.0. The molecular formula is C19H20O5S. The fourth-order valence-electron chi connectivity index (χ4n) is 2.29. The summed E-state index contributed by atoms with van der Waals surface area (Å²) in [5.74, 6) is 3.01. The van der Waals surface area contributed by atoms with E-state index in [4.69, 9.17) is 20.1 Å². The highest BCUT2D eigenvalue weighted by molar-refractivity contribution is 7.86. The summed E-state index contributed by atoms with van der Waals surface area (Å²) >= 11 is 0. The van der Waals surface area contributed by atoms with Crippen molar-refractivity contribution in [1.82, 2.24) is 0 Å². The van der Waals surface area contributed by atoms with Crippen LogP contribution in [0, 0.1) is 12.3 Å². The van der Waals surface area contributed by atoms with Gasteiger partial charge in [-0.1, -0.05) is 36.3 Å². The van der Waals surface area contributed by atoms with Gasteiger partial charge in [-0.05, 0) is 30.5 Å². The van der Waals surface area contributed by atoms with Crippen LogP contribution in [0.4, 0.5) is 0 Å². The Morgan fingerprint density at radius 2 is 1.80 bits per heavy atom. The molecule has 2 aromatic carbocycles. The van der Waals surface area contributed by atoms with Gasteiger partial charge >= 0.3 is 10.1 Å². The van der Waals surface area contributed by atoms with E-state index in [1.165, 1.54) is 32.4 Å². The molecule has 1 unspecified atom stereocenters. The number of ether oxygens (including phenoxy) is 2. The van der Waals surface area contributed by atoms with Gasteiger partial charge in [0.1, 0.15) is 22.5 Å². The van der Waals surface area contributed by atoms with Gasteiger partial charge in [-0.15, -0.1) is 6.42 Å². The zero-order valence-electron chi connectivity index (χ0n) is 14.1. The third-order valence-corrected chi connectivity index (χ3v) is 4.97. The third-order valence-electron chi connectivity index (χ3n) is 3.61. The number of terminal acetylenes is 1. The van der Waals surface area contributed by atoms with E-state index in [1.54, 1.807) is 0 Å². The lowest BCUT2D eigenvalue weighted by Gasteiger charge is -2.15. The molecule has 0 amide bonds.